The molecule has 2 heterocycles. The Bertz CT molecular complexity index is 1620. The van der Waals surface area contributed by atoms with Crippen LogP contribution in [0.1, 0.15) is 20.7 Å². The number of ether oxygens (including phenoxy) is 1. The van der Waals surface area contributed by atoms with Crippen molar-refractivity contribution in [3.8, 4) is 5.75 Å². The van der Waals surface area contributed by atoms with Gasteiger partial charge in [0.25, 0.3) is 17.5 Å². The zero-order chi connectivity index (χ0) is 27.5. The number of hydrogen-bond acceptors (Lipinski definition) is 8. The minimum absolute atomic E-state index is 0.0297. The molecule has 3 aromatic carbocycles. The number of hydrogen-bond donors (Lipinski definition) is 0. The molecule has 0 unspecified atom stereocenters. The molecule has 2 aliphatic heterocycles. The quantitative estimate of drug-likeness (QED) is 0.208. The first-order valence-electron chi connectivity index (χ1n) is 12.1. The first-order valence-corrected chi connectivity index (χ1v) is 12.1. The molecule has 0 aliphatic carbocycles. The van der Waals surface area contributed by atoms with Gasteiger partial charge in [0, 0.05) is 61.2 Å². The standard InChI is InChI=1S/C28H23N5O6/c1-39-22-9-2-18(3-10-22)26(34)17-25-27(35)30-24-16-19(4-11-23(24)29-25)28(36)32-14-12-31(13-15-32)20-5-7-21(8-6-20)33(37)38/h2-11,16-17H,12-15H2,1H3/b25-17-. The molecule has 11 heteroatoms. The second-order valence-electron chi connectivity index (χ2n) is 8.91. The van der Waals surface area contributed by atoms with E-state index in [1.54, 1.807) is 53.4 Å². The maximum atomic E-state index is 13.2. The zero-order valence-corrected chi connectivity index (χ0v) is 20.9. The number of benzene rings is 3. The second-order valence-corrected chi connectivity index (χ2v) is 8.91. The van der Waals surface area contributed by atoms with Crippen molar-refractivity contribution in [2.24, 2.45) is 9.98 Å². The van der Waals surface area contributed by atoms with E-state index in [0.717, 1.165) is 11.8 Å². The summed E-state index contributed by atoms with van der Waals surface area (Å²) in [5.41, 5.74) is 1.57. The average molecular weight is 526 g/mol. The second kappa shape index (κ2) is 10.7. The van der Waals surface area contributed by atoms with Crippen LogP contribution in [0, 0.1) is 10.1 Å². The normalized spacial score (nSPS) is 15.7. The maximum Gasteiger partial charge on any atom is 0.296 e. The lowest BCUT2D eigenvalue weighted by Gasteiger charge is -2.36. The predicted octanol–water partition coefficient (Wildman–Crippen LogP) is 2.11. The number of rotatable bonds is 6. The van der Waals surface area contributed by atoms with E-state index >= 15 is 0 Å². The van der Waals surface area contributed by atoms with Gasteiger partial charge in [0.1, 0.15) is 11.4 Å². The van der Waals surface area contributed by atoms with Crippen LogP contribution in [0.25, 0.3) is 0 Å². The molecular weight excluding hydrogens is 502 g/mol. The summed E-state index contributed by atoms with van der Waals surface area (Å²) in [6, 6.07) is 17.6. The molecule has 1 fully saturated rings. The van der Waals surface area contributed by atoms with Crippen molar-refractivity contribution in [1.82, 2.24) is 4.90 Å². The highest BCUT2D eigenvalue weighted by Crippen LogP contribution is 2.21. The third-order valence-electron chi connectivity index (χ3n) is 6.54. The summed E-state index contributed by atoms with van der Waals surface area (Å²) in [4.78, 5) is 60.9. The molecule has 0 N–H and O–H groups in total. The molecule has 2 amide bonds. The van der Waals surface area contributed by atoms with Crippen LogP contribution in [-0.4, -0.2) is 60.7 Å². The van der Waals surface area contributed by atoms with Gasteiger partial charge in [0.2, 0.25) is 0 Å². The molecule has 11 nitrogen and oxygen atoms in total. The largest absolute Gasteiger partial charge is 0.497 e. The van der Waals surface area contributed by atoms with Crippen LogP contribution in [0.3, 0.4) is 0 Å². The number of nitro groups is 1. The van der Waals surface area contributed by atoms with Crippen molar-refractivity contribution in [2.75, 3.05) is 38.2 Å². The Hall–Kier alpha value is -5.19. The lowest BCUT2D eigenvalue weighted by Crippen LogP contribution is -2.49. The highest BCUT2D eigenvalue weighted by molar-refractivity contribution is 6.09. The van der Waals surface area contributed by atoms with Crippen LogP contribution in [0.4, 0.5) is 11.4 Å². The van der Waals surface area contributed by atoms with E-state index in [4.69, 9.17) is 4.74 Å². The predicted molar refractivity (Wildman–Crippen MR) is 140 cm³/mol. The van der Waals surface area contributed by atoms with Gasteiger partial charge in [0.15, 0.2) is 5.78 Å². The zero-order valence-electron chi connectivity index (χ0n) is 20.9. The van der Waals surface area contributed by atoms with E-state index in [9.17, 15) is 24.5 Å². The Morgan fingerprint density at radius 1 is 0.897 bits per heavy atom. The number of fused-ring (bicyclic) bond motifs is 1. The summed E-state index contributed by atoms with van der Waals surface area (Å²) < 4.78 is 5.09. The van der Waals surface area contributed by atoms with Crippen LogP contribution < -0.4 is 20.4 Å². The molecule has 0 spiro atoms. The Labute approximate surface area is 222 Å². The molecular formula is C28H23N5O6. The number of amides is 2. The van der Waals surface area contributed by atoms with Gasteiger partial charge in [-0.2, -0.15) is 0 Å². The summed E-state index contributed by atoms with van der Waals surface area (Å²) >= 11 is 0. The van der Waals surface area contributed by atoms with E-state index in [2.05, 4.69) is 14.9 Å². The fraction of sp³-hybridized carbons (Fsp3) is 0.179. The van der Waals surface area contributed by atoms with Crippen molar-refractivity contribution < 1.29 is 24.0 Å². The topological polar surface area (TPSA) is 135 Å². The number of piperazine rings is 1. The summed E-state index contributed by atoms with van der Waals surface area (Å²) in [6.45, 7) is 2.08. The van der Waals surface area contributed by atoms with Gasteiger partial charge in [-0.3, -0.25) is 24.5 Å². The molecule has 5 rings (SSSR count). The number of carbonyl (C=O) groups is 3. The lowest BCUT2D eigenvalue weighted by molar-refractivity contribution is -0.384. The molecule has 0 aromatic heterocycles. The summed E-state index contributed by atoms with van der Waals surface area (Å²) in [5, 5.41) is 11.5. The molecule has 2 aliphatic rings. The van der Waals surface area contributed by atoms with Gasteiger partial charge < -0.3 is 14.5 Å². The minimum Gasteiger partial charge on any atom is -0.497 e. The fourth-order valence-corrected chi connectivity index (χ4v) is 4.38. The molecule has 196 valence electrons. The van der Waals surface area contributed by atoms with Crippen molar-refractivity contribution in [2.45, 2.75) is 0 Å². The van der Waals surface area contributed by atoms with Crippen LogP contribution in [0.15, 0.2) is 88.5 Å². The van der Waals surface area contributed by atoms with Crippen LogP contribution >= 0.6 is 0 Å². The Morgan fingerprint density at radius 3 is 2.21 bits per heavy atom. The summed E-state index contributed by atoms with van der Waals surface area (Å²) in [5.74, 6) is -0.633. The van der Waals surface area contributed by atoms with Crippen molar-refractivity contribution in [3.05, 3.63) is 110 Å². The first kappa shape index (κ1) is 25.5. The Kier molecular flexibility index (Phi) is 6.96. The van der Waals surface area contributed by atoms with Gasteiger partial charge in [-0.15, -0.1) is 0 Å². The SMILES string of the molecule is COc1ccc(C(=O)/C=C2\N=c3ccc(C(=O)N4CCN(c5ccc([N+](=O)[O-])cc5)CC4)cc3=NC2=O)cc1. The van der Waals surface area contributed by atoms with Crippen LogP contribution in [0.5, 0.6) is 5.75 Å². The number of ketones is 1. The first-order chi connectivity index (χ1) is 18.8. The number of allylic oxidation sites excluding steroid dienone is 1. The summed E-state index contributed by atoms with van der Waals surface area (Å²) in [7, 11) is 1.53. The number of non-ortho nitro benzene ring substituents is 1. The van der Waals surface area contributed by atoms with E-state index in [1.165, 1.54) is 25.3 Å². The van der Waals surface area contributed by atoms with Crippen molar-refractivity contribution in [3.63, 3.8) is 0 Å². The van der Waals surface area contributed by atoms with E-state index < -0.39 is 10.8 Å². The van der Waals surface area contributed by atoms with Gasteiger partial charge in [-0.25, -0.2) is 9.98 Å². The Morgan fingerprint density at radius 2 is 1.56 bits per heavy atom. The number of anilines is 1. The minimum atomic E-state index is -0.661. The highest BCUT2D eigenvalue weighted by atomic mass is 16.6. The van der Waals surface area contributed by atoms with Gasteiger partial charge in [0.05, 0.1) is 22.7 Å². The van der Waals surface area contributed by atoms with E-state index in [1.807, 2.05) is 0 Å². The molecule has 0 bridgehead atoms. The van der Waals surface area contributed by atoms with Gasteiger partial charge in [-0.1, -0.05) is 0 Å². The number of nitrogens with zero attached hydrogens (tertiary/aromatic N) is 5. The lowest BCUT2D eigenvalue weighted by atomic mass is 10.1. The Balaban J connectivity index is 1.28. The fourth-order valence-electron chi connectivity index (χ4n) is 4.38. The van der Waals surface area contributed by atoms with Crippen LogP contribution in [0.2, 0.25) is 0 Å². The molecule has 1 saturated heterocycles. The monoisotopic (exact) mass is 525 g/mol. The van der Waals surface area contributed by atoms with Crippen LogP contribution in [-0.2, 0) is 4.79 Å². The molecule has 3 aromatic rings. The maximum absolute atomic E-state index is 13.2. The van der Waals surface area contributed by atoms with Crippen molar-refractivity contribution in [1.29, 1.82) is 0 Å². The highest BCUT2D eigenvalue weighted by Gasteiger charge is 2.23. The van der Waals surface area contributed by atoms with Gasteiger partial charge in [-0.05, 0) is 54.6 Å². The third-order valence-corrected chi connectivity index (χ3v) is 6.54. The molecule has 39 heavy (non-hydrogen) atoms. The van der Waals surface area contributed by atoms with E-state index in [-0.39, 0.29) is 28.4 Å². The molecule has 0 atom stereocenters. The molecule has 0 saturated carbocycles. The number of carbonyl (C=O) groups excluding carboxylic acids is 3. The average Bonchev–Trinajstić information content (AvgIpc) is 2.97. The van der Waals surface area contributed by atoms with Crippen molar-refractivity contribution >= 4 is 29.0 Å². The summed E-state index contributed by atoms with van der Waals surface area (Å²) in [6.07, 6.45) is 1.15. The molecule has 0 radical (unpaired) electrons. The van der Waals surface area contributed by atoms with Gasteiger partial charge >= 0.3 is 0 Å². The van der Waals surface area contributed by atoms with E-state index in [0.29, 0.717) is 48.4 Å². The number of nitro benzene ring substituents is 1. The third kappa shape index (κ3) is 5.42. The smallest absolute Gasteiger partial charge is 0.296 e. The number of methoxy groups -OCH3 is 1.